The summed E-state index contributed by atoms with van der Waals surface area (Å²) in [5.41, 5.74) is 5.96. The fourth-order valence-corrected chi connectivity index (χ4v) is 4.17. The van der Waals surface area contributed by atoms with E-state index in [2.05, 4.69) is 15.7 Å². The van der Waals surface area contributed by atoms with Gasteiger partial charge in [-0.25, -0.2) is 4.98 Å². The third-order valence-corrected chi connectivity index (χ3v) is 6.03. The van der Waals surface area contributed by atoms with E-state index in [9.17, 15) is 4.79 Å². The van der Waals surface area contributed by atoms with Crippen molar-refractivity contribution in [2.45, 2.75) is 30.9 Å². The Labute approximate surface area is 156 Å². The number of nitrogens with zero attached hydrogens (tertiary/aromatic N) is 1. The summed E-state index contributed by atoms with van der Waals surface area (Å²) < 4.78 is 1.08. The standard InChI is InChI=1S/C20H20N2OS2/c1-13-4-5-14(2)18(10-13)22-19(23)17-8-6-16(7-9-17)12-25-20-21-15(3)11-24-20/h4-11H,12H2,1-3H3,(H,22,23). The number of thioether (sulfide) groups is 1. The number of amides is 1. The first-order chi connectivity index (χ1) is 12.0. The van der Waals surface area contributed by atoms with Gasteiger partial charge in [0.1, 0.15) is 4.34 Å². The predicted molar refractivity (Wildman–Crippen MR) is 107 cm³/mol. The zero-order valence-electron chi connectivity index (χ0n) is 14.5. The number of aryl methyl sites for hydroxylation is 3. The number of aromatic nitrogens is 1. The van der Waals surface area contributed by atoms with Crippen molar-refractivity contribution in [3.63, 3.8) is 0 Å². The number of carbonyl (C=O) groups is 1. The first-order valence-corrected chi connectivity index (χ1v) is 9.90. The molecule has 0 aliphatic rings. The van der Waals surface area contributed by atoms with Gasteiger partial charge in [-0.15, -0.1) is 11.3 Å². The van der Waals surface area contributed by atoms with Crippen LogP contribution < -0.4 is 5.32 Å². The highest BCUT2D eigenvalue weighted by Gasteiger charge is 2.08. The number of benzene rings is 2. The van der Waals surface area contributed by atoms with Crippen LogP contribution in [-0.2, 0) is 5.75 Å². The zero-order chi connectivity index (χ0) is 17.8. The zero-order valence-corrected chi connectivity index (χ0v) is 16.1. The molecule has 25 heavy (non-hydrogen) atoms. The number of carbonyl (C=O) groups excluding carboxylic acids is 1. The Hall–Kier alpha value is -2.11. The third-order valence-electron chi connectivity index (χ3n) is 3.82. The van der Waals surface area contributed by atoms with Crippen molar-refractivity contribution in [3.8, 4) is 0 Å². The molecule has 3 nitrogen and oxygen atoms in total. The lowest BCUT2D eigenvalue weighted by Crippen LogP contribution is -2.12. The Morgan fingerprint density at radius 1 is 1.12 bits per heavy atom. The highest BCUT2D eigenvalue weighted by molar-refractivity contribution is 8.00. The molecule has 128 valence electrons. The summed E-state index contributed by atoms with van der Waals surface area (Å²) in [6, 6.07) is 13.8. The van der Waals surface area contributed by atoms with Crippen molar-refractivity contribution in [2.75, 3.05) is 5.32 Å². The van der Waals surface area contributed by atoms with Gasteiger partial charge < -0.3 is 5.32 Å². The van der Waals surface area contributed by atoms with Crippen molar-refractivity contribution in [1.82, 2.24) is 4.98 Å². The second kappa shape index (κ2) is 7.85. The maximum Gasteiger partial charge on any atom is 0.255 e. The Kier molecular flexibility index (Phi) is 5.56. The molecule has 0 saturated heterocycles. The molecule has 0 spiro atoms. The number of nitrogens with one attached hydrogen (secondary N) is 1. The Morgan fingerprint density at radius 2 is 1.88 bits per heavy atom. The van der Waals surface area contributed by atoms with Gasteiger partial charge in [-0.05, 0) is 55.7 Å². The molecule has 0 aliphatic heterocycles. The van der Waals surface area contributed by atoms with E-state index in [0.29, 0.717) is 5.56 Å². The Bertz CT molecular complexity index is 885. The van der Waals surface area contributed by atoms with Crippen molar-refractivity contribution in [1.29, 1.82) is 0 Å². The molecule has 1 heterocycles. The van der Waals surface area contributed by atoms with Gasteiger partial charge in [0.2, 0.25) is 0 Å². The van der Waals surface area contributed by atoms with Gasteiger partial charge in [0.15, 0.2) is 0 Å². The molecule has 5 heteroatoms. The quantitative estimate of drug-likeness (QED) is 0.595. The number of anilines is 1. The van der Waals surface area contributed by atoms with Crippen molar-refractivity contribution < 1.29 is 4.79 Å². The molecule has 0 saturated carbocycles. The topological polar surface area (TPSA) is 42.0 Å². The molecule has 0 aliphatic carbocycles. The number of hydrogen-bond donors (Lipinski definition) is 1. The van der Waals surface area contributed by atoms with Crippen LogP contribution in [0.3, 0.4) is 0 Å². The molecule has 0 unspecified atom stereocenters. The lowest BCUT2D eigenvalue weighted by Gasteiger charge is -2.10. The summed E-state index contributed by atoms with van der Waals surface area (Å²) >= 11 is 3.39. The molecule has 1 aromatic heterocycles. The smallest absolute Gasteiger partial charge is 0.255 e. The van der Waals surface area contributed by atoms with Gasteiger partial charge in [0, 0.05) is 28.1 Å². The fraction of sp³-hybridized carbons (Fsp3) is 0.200. The average molecular weight is 369 g/mol. The Balaban J connectivity index is 1.63. The molecule has 1 amide bonds. The normalized spacial score (nSPS) is 10.7. The summed E-state index contributed by atoms with van der Waals surface area (Å²) in [7, 11) is 0. The number of rotatable bonds is 5. The van der Waals surface area contributed by atoms with Crippen LogP contribution in [0.4, 0.5) is 5.69 Å². The molecule has 0 fully saturated rings. The monoisotopic (exact) mass is 368 g/mol. The van der Waals surface area contributed by atoms with Crippen molar-refractivity contribution in [3.05, 3.63) is 75.8 Å². The second-order valence-corrected chi connectivity index (χ2v) is 8.09. The Morgan fingerprint density at radius 3 is 2.56 bits per heavy atom. The maximum absolute atomic E-state index is 12.4. The molecular weight excluding hydrogens is 348 g/mol. The summed E-state index contributed by atoms with van der Waals surface area (Å²) in [6.45, 7) is 6.02. The van der Waals surface area contributed by atoms with E-state index in [1.54, 1.807) is 23.1 Å². The minimum Gasteiger partial charge on any atom is -0.322 e. The highest BCUT2D eigenvalue weighted by Crippen LogP contribution is 2.26. The number of thiazole rings is 1. The average Bonchev–Trinajstić information content (AvgIpc) is 3.02. The van der Waals surface area contributed by atoms with Crippen molar-refractivity contribution in [2.24, 2.45) is 0 Å². The van der Waals surface area contributed by atoms with Crippen LogP contribution in [0, 0.1) is 20.8 Å². The summed E-state index contributed by atoms with van der Waals surface area (Å²) in [5.74, 6) is 0.773. The van der Waals surface area contributed by atoms with Crippen LogP contribution in [0.25, 0.3) is 0 Å². The summed E-state index contributed by atoms with van der Waals surface area (Å²) in [6.07, 6.45) is 0. The van der Waals surface area contributed by atoms with E-state index in [1.165, 1.54) is 5.56 Å². The molecule has 1 N–H and O–H groups in total. The van der Waals surface area contributed by atoms with E-state index in [-0.39, 0.29) is 5.91 Å². The van der Waals surface area contributed by atoms with Crippen LogP contribution in [0.5, 0.6) is 0 Å². The highest BCUT2D eigenvalue weighted by atomic mass is 32.2. The van der Waals surface area contributed by atoms with Gasteiger partial charge in [-0.2, -0.15) is 0 Å². The summed E-state index contributed by atoms with van der Waals surface area (Å²) in [5, 5.41) is 5.05. The second-order valence-electron chi connectivity index (χ2n) is 6.01. The van der Waals surface area contributed by atoms with Crippen LogP contribution in [-0.4, -0.2) is 10.9 Å². The van der Waals surface area contributed by atoms with Gasteiger partial charge in [0.05, 0.1) is 0 Å². The van der Waals surface area contributed by atoms with Gasteiger partial charge in [-0.3, -0.25) is 4.79 Å². The maximum atomic E-state index is 12.4. The van der Waals surface area contributed by atoms with Crippen LogP contribution in [0.15, 0.2) is 52.2 Å². The minimum atomic E-state index is -0.0801. The van der Waals surface area contributed by atoms with E-state index in [1.807, 2.05) is 63.2 Å². The molecule has 3 aromatic rings. The van der Waals surface area contributed by atoms with Crippen LogP contribution >= 0.6 is 23.1 Å². The van der Waals surface area contributed by atoms with Gasteiger partial charge in [-0.1, -0.05) is 36.0 Å². The molecular formula is C20H20N2OS2. The van der Waals surface area contributed by atoms with E-state index >= 15 is 0 Å². The molecule has 0 bridgehead atoms. The molecule has 2 aromatic carbocycles. The van der Waals surface area contributed by atoms with Crippen molar-refractivity contribution >= 4 is 34.7 Å². The fourth-order valence-electron chi connectivity index (χ4n) is 2.36. The SMILES string of the molecule is Cc1ccc(C)c(NC(=O)c2ccc(CSc3nc(C)cs3)cc2)c1. The van der Waals surface area contributed by atoms with Crippen LogP contribution in [0.2, 0.25) is 0 Å². The lowest BCUT2D eigenvalue weighted by molar-refractivity contribution is 0.102. The molecule has 3 rings (SSSR count). The largest absolute Gasteiger partial charge is 0.322 e. The predicted octanol–water partition coefficient (Wildman–Crippen LogP) is 5.61. The van der Waals surface area contributed by atoms with E-state index < -0.39 is 0 Å². The van der Waals surface area contributed by atoms with Gasteiger partial charge in [0.25, 0.3) is 5.91 Å². The molecule has 0 radical (unpaired) electrons. The lowest BCUT2D eigenvalue weighted by atomic mass is 10.1. The first kappa shape index (κ1) is 17.7. The number of hydrogen-bond acceptors (Lipinski definition) is 4. The third kappa shape index (κ3) is 4.71. The minimum absolute atomic E-state index is 0.0801. The first-order valence-electron chi connectivity index (χ1n) is 8.04. The van der Waals surface area contributed by atoms with E-state index in [0.717, 1.165) is 32.6 Å². The summed E-state index contributed by atoms with van der Waals surface area (Å²) in [4.78, 5) is 16.9. The van der Waals surface area contributed by atoms with Gasteiger partial charge >= 0.3 is 0 Å². The van der Waals surface area contributed by atoms with E-state index in [4.69, 9.17) is 0 Å². The van der Waals surface area contributed by atoms with Crippen LogP contribution in [0.1, 0.15) is 32.7 Å². The molecule has 0 atom stereocenters.